The summed E-state index contributed by atoms with van der Waals surface area (Å²) in [5.74, 6) is -8.50. The third-order valence-corrected chi connectivity index (χ3v) is 2.01. The zero-order chi connectivity index (χ0) is 16.2. The zero-order valence-corrected chi connectivity index (χ0v) is 10.0. The lowest BCUT2D eigenvalue weighted by Crippen LogP contribution is -2.55. The molecule has 3 nitrogen and oxygen atoms in total. The molecule has 0 bridgehead atoms. The third-order valence-electron chi connectivity index (χ3n) is 2.01. The zero-order valence-electron chi connectivity index (χ0n) is 10.0. The molecule has 0 spiro atoms. The number of amides is 1. The summed E-state index contributed by atoms with van der Waals surface area (Å²) in [5.41, 5.74) is 0. The van der Waals surface area contributed by atoms with Crippen LogP contribution in [-0.2, 0) is 9.53 Å². The van der Waals surface area contributed by atoms with E-state index in [0.717, 1.165) is 0 Å². The molecule has 120 valence electrons. The molecule has 0 saturated heterocycles. The van der Waals surface area contributed by atoms with Crippen LogP contribution in [0.4, 0.5) is 35.1 Å². The van der Waals surface area contributed by atoms with E-state index in [0.29, 0.717) is 12.8 Å². The minimum absolute atomic E-state index is 0.166. The number of carbonyl (C=O) groups excluding carboxylic acids is 1. The molecule has 0 aliphatic carbocycles. The summed E-state index contributed by atoms with van der Waals surface area (Å²) < 4.78 is 100. The van der Waals surface area contributed by atoms with Gasteiger partial charge < -0.3 is 5.32 Å². The number of hydrogen-bond acceptors (Lipinski definition) is 2. The van der Waals surface area contributed by atoms with Crippen LogP contribution in [0, 0.1) is 0 Å². The summed E-state index contributed by atoms with van der Waals surface area (Å²) in [7, 11) is 0. The summed E-state index contributed by atoms with van der Waals surface area (Å²) in [4.78, 5) is 10.8. The van der Waals surface area contributed by atoms with Gasteiger partial charge in [0.15, 0.2) is 0 Å². The molecule has 0 saturated carbocycles. The molecular weight excluding hydrogens is 306 g/mol. The fraction of sp³-hybridized carbons (Fsp3) is 0.889. The molecule has 11 heteroatoms. The van der Waals surface area contributed by atoms with E-state index in [-0.39, 0.29) is 6.54 Å². The lowest BCUT2D eigenvalue weighted by Gasteiger charge is -2.28. The van der Waals surface area contributed by atoms with E-state index >= 15 is 0 Å². The highest BCUT2D eigenvalue weighted by Gasteiger charge is 2.75. The lowest BCUT2D eigenvalue weighted by atomic mass is 10.3. The fourth-order valence-corrected chi connectivity index (χ4v) is 0.891. The smallest absolute Gasteiger partial charge is 0.351 e. The Morgan fingerprint density at radius 1 is 1.15 bits per heavy atom. The topological polar surface area (TPSA) is 38.3 Å². The number of halogens is 8. The van der Waals surface area contributed by atoms with E-state index in [9.17, 15) is 39.9 Å². The molecule has 0 rings (SSSR count). The second-order valence-corrected chi connectivity index (χ2v) is 3.67. The number of rotatable bonds is 7. The van der Waals surface area contributed by atoms with Crippen molar-refractivity contribution in [2.75, 3.05) is 6.54 Å². The van der Waals surface area contributed by atoms with Crippen molar-refractivity contribution >= 4 is 5.91 Å². The van der Waals surface area contributed by atoms with Crippen molar-refractivity contribution in [1.82, 2.24) is 5.32 Å². The Bertz CT molecular complexity index is 330. The van der Waals surface area contributed by atoms with E-state index in [2.05, 4.69) is 4.74 Å². The van der Waals surface area contributed by atoms with Crippen LogP contribution in [0.3, 0.4) is 0 Å². The van der Waals surface area contributed by atoms with Gasteiger partial charge in [0.1, 0.15) is 0 Å². The lowest BCUT2D eigenvalue weighted by molar-refractivity contribution is -0.435. The van der Waals surface area contributed by atoms with E-state index in [1.807, 2.05) is 0 Å². The third kappa shape index (κ3) is 4.46. The second-order valence-electron chi connectivity index (χ2n) is 3.67. The molecule has 0 fully saturated rings. The van der Waals surface area contributed by atoms with E-state index in [1.54, 1.807) is 12.2 Å². The van der Waals surface area contributed by atoms with E-state index in [1.165, 1.54) is 0 Å². The van der Waals surface area contributed by atoms with Crippen molar-refractivity contribution in [3.63, 3.8) is 0 Å². The van der Waals surface area contributed by atoms with Gasteiger partial charge in [0.2, 0.25) is 0 Å². The average molecular weight is 317 g/mol. The number of carbonyl (C=O) groups is 1. The van der Waals surface area contributed by atoms with Crippen LogP contribution in [0.2, 0.25) is 0 Å². The summed E-state index contributed by atoms with van der Waals surface area (Å²) in [6, 6.07) is 0. The van der Waals surface area contributed by atoms with Crippen LogP contribution in [0.5, 0.6) is 0 Å². The van der Waals surface area contributed by atoms with Crippen LogP contribution in [0.1, 0.15) is 19.8 Å². The predicted octanol–water partition coefficient (Wildman–Crippen LogP) is 3.01. The van der Waals surface area contributed by atoms with Gasteiger partial charge in [0, 0.05) is 6.54 Å². The monoisotopic (exact) mass is 317 g/mol. The van der Waals surface area contributed by atoms with E-state index in [4.69, 9.17) is 0 Å². The summed E-state index contributed by atoms with van der Waals surface area (Å²) in [6.07, 6.45) is -15.7. The predicted molar refractivity (Wildman–Crippen MR) is 49.8 cm³/mol. The minimum Gasteiger partial charge on any atom is -0.351 e. The SMILES string of the molecule is CCCCNC(=O)C(F)OC(F)(F)C(F)(F)C(F)(F)F. The molecule has 0 radical (unpaired) electrons. The van der Waals surface area contributed by atoms with Crippen LogP contribution in [0.25, 0.3) is 0 Å². The number of unbranched alkanes of at least 4 members (excludes halogenated alkanes) is 1. The van der Waals surface area contributed by atoms with Crippen LogP contribution in [0.15, 0.2) is 0 Å². The van der Waals surface area contributed by atoms with Gasteiger partial charge in [-0.05, 0) is 6.42 Å². The van der Waals surface area contributed by atoms with Gasteiger partial charge in [-0.3, -0.25) is 9.53 Å². The van der Waals surface area contributed by atoms with Gasteiger partial charge in [-0.25, -0.2) is 4.39 Å². The van der Waals surface area contributed by atoms with Crippen molar-refractivity contribution in [2.45, 2.75) is 44.3 Å². The Kier molecular flexibility index (Phi) is 6.18. The molecule has 0 heterocycles. The Hall–Kier alpha value is -1.13. The van der Waals surface area contributed by atoms with Crippen LogP contribution in [-0.4, -0.2) is 37.0 Å². The van der Waals surface area contributed by atoms with E-state index < -0.39 is 30.5 Å². The quantitative estimate of drug-likeness (QED) is 0.579. The van der Waals surface area contributed by atoms with Gasteiger partial charge in [0.05, 0.1) is 0 Å². The molecule has 0 aliphatic heterocycles. The molecule has 0 aromatic rings. The first kappa shape index (κ1) is 18.9. The van der Waals surface area contributed by atoms with Crippen molar-refractivity contribution in [2.24, 2.45) is 0 Å². The normalized spacial score (nSPS) is 15.1. The minimum atomic E-state index is -6.66. The molecule has 0 aliphatic rings. The maximum atomic E-state index is 12.8. The average Bonchev–Trinajstić information content (AvgIpc) is 2.26. The molecule has 1 unspecified atom stereocenters. The first-order valence-corrected chi connectivity index (χ1v) is 5.28. The highest BCUT2D eigenvalue weighted by Crippen LogP contribution is 2.47. The van der Waals surface area contributed by atoms with Gasteiger partial charge in [-0.2, -0.15) is 30.7 Å². The second kappa shape index (κ2) is 6.55. The maximum Gasteiger partial charge on any atom is 0.462 e. The van der Waals surface area contributed by atoms with Crippen molar-refractivity contribution < 1.29 is 44.7 Å². The number of ether oxygens (including phenoxy) is 1. The van der Waals surface area contributed by atoms with Crippen molar-refractivity contribution in [3.05, 3.63) is 0 Å². The summed E-state index contributed by atoms with van der Waals surface area (Å²) in [5, 5.41) is 1.70. The fourth-order valence-electron chi connectivity index (χ4n) is 0.891. The molecule has 1 amide bonds. The van der Waals surface area contributed by atoms with Crippen molar-refractivity contribution in [3.8, 4) is 0 Å². The Balaban J connectivity index is 4.71. The Morgan fingerprint density at radius 2 is 1.65 bits per heavy atom. The Labute approximate surface area is 108 Å². The standard InChI is InChI=1S/C9H11F8NO2/c1-2-3-4-18-6(19)5(10)20-9(16,17)7(11,12)8(13,14)15/h5H,2-4H2,1H3,(H,18,19). The molecule has 1 atom stereocenters. The van der Waals surface area contributed by atoms with Gasteiger partial charge in [-0.15, -0.1) is 0 Å². The summed E-state index contributed by atoms with van der Waals surface area (Å²) in [6.45, 7) is 1.51. The van der Waals surface area contributed by atoms with Gasteiger partial charge in [0.25, 0.3) is 12.3 Å². The Morgan fingerprint density at radius 3 is 2.05 bits per heavy atom. The maximum absolute atomic E-state index is 12.8. The molecule has 20 heavy (non-hydrogen) atoms. The summed E-state index contributed by atoms with van der Waals surface area (Å²) >= 11 is 0. The highest BCUT2D eigenvalue weighted by atomic mass is 19.4. The van der Waals surface area contributed by atoms with Gasteiger partial charge in [-0.1, -0.05) is 13.3 Å². The number of alkyl halides is 8. The van der Waals surface area contributed by atoms with Crippen LogP contribution < -0.4 is 5.32 Å². The first-order valence-electron chi connectivity index (χ1n) is 5.28. The van der Waals surface area contributed by atoms with Crippen LogP contribution >= 0.6 is 0 Å². The van der Waals surface area contributed by atoms with Crippen molar-refractivity contribution in [1.29, 1.82) is 0 Å². The first-order chi connectivity index (χ1) is 8.87. The number of nitrogens with one attached hydrogen (secondary N) is 1. The molecule has 1 N–H and O–H groups in total. The highest BCUT2D eigenvalue weighted by molar-refractivity contribution is 5.79. The largest absolute Gasteiger partial charge is 0.462 e. The molecule has 0 aromatic carbocycles. The molecule has 0 aromatic heterocycles. The molecular formula is C9H11F8NO2. The number of hydrogen-bond donors (Lipinski definition) is 1. The van der Waals surface area contributed by atoms with Gasteiger partial charge >= 0.3 is 18.2 Å².